The standard InChI is InChI=1S/C5H9NO2.ClH/c1-8-4(7)5(6)2-3-5;/h2-3,6H2,1H3;1H. The Morgan fingerprint density at radius 2 is 2.11 bits per heavy atom. The molecule has 3 nitrogen and oxygen atoms in total. The topological polar surface area (TPSA) is 52.3 Å². The van der Waals surface area contributed by atoms with E-state index < -0.39 is 5.54 Å². The van der Waals surface area contributed by atoms with Crippen LogP contribution < -0.4 is 5.73 Å². The van der Waals surface area contributed by atoms with E-state index in [1.54, 1.807) is 0 Å². The summed E-state index contributed by atoms with van der Waals surface area (Å²) in [6.07, 6.45) is 1.55. The van der Waals surface area contributed by atoms with E-state index in [4.69, 9.17) is 5.73 Å². The average molecular weight is 152 g/mol. The molecule has 0 unspecified atom stereocenters. The molecular weight excluding hydrogens is 142 g/mol. The van der Waals surface area contributed by atoms with Crippen LogP contribution in [0, 0.1) is 0 Å². The molecule has 0 heterocycles. The molecule has 1 aliphatic rings. The van der Waals surface area contributed by atoms with Crippen molar-refractivity contribution in [2.75, 3.05) is 7.11 Å². The molecule has 0 bridgehead atoms. The van der Waals surface area contributed by atoms with Crippen molar-refractivity contribution >= 4 is 18.4 Å². The smallest absolute Gasteiger partial charge is 0.325 e. The number of hydrogen-bond acceptors (Lipinski definition) is 3. The molecule has 9 heavy (non-hydrogen) atoms. The SMILES string of the molecule is COC(=O)C1(N)CC1.Cl. The van der Waals surface area contributed by atoms with E-state index in [1.165, 1.54) is 7.11 Å². The summed E-state index contributed by atoms with van der Waals surface area (Å²) in [7, 11) is 1.36. The summed E-state index contributed by atoms with van der Waals surface area (Å²) in [5, 5.41) is 0. The van der Waals surface area contributed by atoms with Crippen LogP contribution >= 0.6 is 12.4 Å². The number of nitrogens with two attached hydrogens (primary N) is 1. The van der Waals surface area contributed by atoms with Crippen LogP contribution in [-0.2, 0) is 9.53 Å². The number of esters is 1. The van der Waals surface area contributed by atoms with Crippen molar-refractivity contribution < 1.29 is 9.53 Å². The fourth-order valence-electron chi connectivity index (χ4n) is 0.542. The molecular formula is C5H10ClNO2. The molecule has 54 valence electrons. The zero-order valence-electron chi connectivity index (χ0n) is 5.22. The number of rotatable bonds is 1. The maximum atomic E-state index is 10.5. The van der Waals surface area contributed by atoms with E-state index in [-0.39, 0.29) is 18.4 Å². The van der Waals surface area contributed by atoms with E-state index in [0.717, 1.165) is 12.8 Å². The maximum Gasteiger partial charge on any atom is 0.325 e. The van der Waals surface area contributed by atoms with Crippen LogP contribution in [0.15, 0.2) is 0 Å². The first-order valence-corrected chi connectivity index (χ1v) is 2.56. The van der Waals surface area contributed by atoms with Crippen molar-refractivity contribution in [3.63, 3.8) is 0 Å². The first-order valence-electron chi connectivity index (χ1n) is 2.56. The molecule has 0 aromatic carbocycles. The summed E-state index contributed by atoms with van der Waals surface area (Å²) < 4.78 is 4.41. The number of carbonyl (C=O) groups is 1. The summed E-state index contributed by atoms with van der Waals surface area (Å²) in [4.78, 5) is 10.5. The van der Waals surface area contributed by atoms with E-state index in [0.29, 0.717) is 0 Å². The van der Waals surface area contributed by atoms with Crippen molar-refractivity contribution in [3.8, 4) is 0 Å². The molecule has 1 rings (SSSR count). The zero-order valence-corrected chi connectivity index (χ0v) is 6.03. The average Bonchev–Trinajstić information content (AvgIpc) is 2.47. The highest BCUT2D eigenvalue weighted by atomic mass is 35.5. The molecule has 4 heteroatoms. The van der Waals surface area contributed by atoms with Gasteiger partial charge in [0, 0.05) is 0 Å². The highest BCUT2D eigenvalue weighted by molar-refractivity contribution is 5.85. The van der Waals surface area contributed by atoms with Crippen LogP contribution in [0.25, 0.3) is 0 Å². The highest BCUT2D eigenvalue weighted by Gasteiger charge is 2.47. The normalized spacial score (nSPS) is 19.8. The van der Waals surface area contributed by atoms with Gasteiger partial charge < -0.3 is 10.5 Å². The second kappa shape index (κ2) is 2.54. The second-order valence-electron chi connectivity index (χ2n) is 2.15. The summed E-state index contributed by atoms with van der Waals surface area (Å²) in [5.41, 5.74) is 4.82. The minimum Gasteiger partial charge on any atom is -0.468 e. The first kappa shape index (κ1) is 8.72. The minimum atomic E-state index is -0.602. The molecule has 0 spiro atoms. The molecule has 0 aromatic rings. The number of methoxy groups -OCH3 is 1. The lowest BCUT2D eigenvalue weighted by Crippen LogP contribution is -2.33. The van der Waals surface area contributed by atoms with E-state index in [1.807, 2.05) is 0 Å². The molecule has 0 saturated heterocycles. The highest BCUT2D eigenvalue weighted by Crippen LogP contribution is 2.32. The fourth-order valence-corrected chi connectivity index (χ4v) is 0.542. The van der Waals surface area contributed by atoms with Crippen LogP contribution in [0.2, 0.25) is 0 Å². The Kier molecular flexibility index (Phi) is 2.46. The lowest BCUT2D eigenvalue weighted by atomic mass is 10.3. The fraction of sp³-hybridized carbons (Fsp3) is 0.800. The Labute approximate surface area is 60.0 Å². The number of carbonyl (C=O) groups excluding carboxylic acids is 1. The Morgan fingerprint density at radius 3 is 2.22 bits per heavy atom. The van der Waals surface area contributed by atoms with Crippen molar-refractivity contribution in [2.45, 2.75) is 18.4 Å². The Morgan fingerprint density at radius 1 is 1.67 bits per heavy atom. The van der Waals surface area contributed by atoms with Crippen molar-refractivity contribution in [1.82, 2.24) is 0 Å². The van der Waals surface area contributed by atoms with Crippen molar-refractivity contribution in [1.29, 1.82) is 0 Å². The third-order valence-electron chi connectivity index (χ3n) is 1.38. The number of ether oxygens (including phenoxy) is 1. The molecule has 0 aromatic heterocycles. The van der Waals surface area contributed by atoms with E-state index in [2.05, 4.69) is 4.74 Å². The van der Waals surface area contributed by atoms with Gasteiger partial charge in [0.2, 0.25) is 0 Å². The predicted octanol–water partition coefficient (Wildman–Crippen LogP) is 0.0725. The minimum absolute atomic E-state index is 0. The van der Waals surface area contributed by atoms with Gasteiger partial charge in [0.05, 0.1) is 7.11 Å². The van der Waals surface area contributed by atoms with Gasteiger partial charge in [0.15, 0.2) is 0 Å². The second-order valence-corrected chi connectivity index (χ2v) is 2.15. The third kappa shape index (κ3) is 1.56. The molecule has 1 saturated carbocycles. The van der Waals surface area contributed by atoms with Crippen LogP contribution in [0.5, 0.6) is 0 Å². The van der Waals surface area contributed by atoms with Crippen molar-refractivity contribution in [2.24, 2.45) is 5.73 Å². The summed E-state index contributed by atoms with van der Waals surface area (Å²) in [6.45, 7) is 0. The summed E-state index contributed by atoms with van der Waals surface area (Å²) in [6, 6.07) is 0. The van der Waals surface area contributed by atoms with Crippen LogP contribution in [0.3, 0.4) is 0 Å². The molecule has 2 N–H and O–H groups in total. The largest absolute Gasteiger partial charge is 0.468 e. The van der Waals surface area contributed by atoms with E-state index in [9.17, 15) is 4.79 Å². The monoisotopic (exact) mass is 151 g/mol. The lowest BCUT2D eigenvalue weighted by Gasteiger charge is -2.02. The van der Waals surface area contributed by atoms with Gasteiger partial charge in [0.25, 0.3) is 0 Å². The first-order chi connectivity index (χ1) is 3.69. The van der Waals surface area contributed by atoms with Gasteiger partial charge in [-0.25, -0.2) is 0 Å². The molecule has 0 amide bonds. The molecule has 0 radical (unpaired) electrons. The van der Waals surface area contributed by atoms with Crippen molar-refractivity contribution in [3.05, 3.63) is 0 Å². The molecule has 1 aliphatic carbocycles. The maximum absolute atomic E-state index is 10.5. The Bertz CT molecular complexity index is 122. The van der Waals surface area contributed by atoms with Gasteiger partial charge in [-0.05, 0) is 12.8 Å². The quantitative estimate of drug-likeness (QED) is 0.540. The van der Waals surface area contributed by atoms with Gasteiger partial charge in [-0.1, -0.05) is 0 Å². The van der Waals surface area contributed by atoms with Gasteiger partial charge in [-0.2, -0.15) is 0 Å². The zero-order chi connectivity index (χ0) is 6.20. The van der Waals surface area contributed by atoms with Crippen LogP contribution in [-0.4, -0.2) is 18.6 Å². The van der Waals surface area contributed by atoms with Crippen LogP contribution in [0.4, 0.5) is 0 Å². The van der Waals surface area contributed by atoms with Gasteiger partial charge in [0.1, 0.15) is 5.54 Å². The predicted molar refractivity (Wildman–Crippen MR) is 35.4 cm³/mol. The van der Waals surface area contributed by atoms with Gasteiger partial charge in [-0.15, -0.1) is 12.4 Å². The summed E-state index contributed by atoms with van der Waals surface area (Å²) >= 11 is 0. The molecule has 1 fully saturated rings. The Hall–Kier alpha value is -0.280. The number of halogens is 1. The van der Waals surface area contributed by atoms with E-state index >= 15 is 0 Å². The molecule has 0 atom stereocenters. The van der Waals surface area contributed by atoms with Gasteiger partial charge in [-0.3, -0.25) is 4.79 Å². The third-order valence-corrected chi connectivity index (χ3v) is 1.38. The van der Waals surface area contributed by atoms with Gasteiger partial charge >= 0.3 is 5.97 Å². The molecule has 0 aliphatic heterocycles. The lowest BCUT2D eigenvalue weighted by molar-refractivity contribution is -0.143. The van der Waals surface area contributed by atoms with Crippen LogP contribution in [0.1, 0.15) is 12.8 Å². The summed E-state index contributed by atoms with van der Waals surface area (Å²) in [5.74, 6) is -0.280. The number of hydrogen-bond donors (Lipinski definition) is 1. The Balaban J connectivity index is 0.000000640.